The van der Waals surface area contributed by atoms with Crippen LogP contribution in [0, 0.1) is 17.1 Å². The molecule has 3 heterocycles. The molecule has 0 bridgehead atoms. The fourth-order valence-corrected chi connectivity index (χ4v) is 4.90. The van der Waals surface area contributed by atoms with Crippen LogP contribution >= 0.6 is 11.3 Å². The molecule has 0 amide bonds. The zero-order valence-electron chi connectivity index (χ0n) is 20.8. The average Bonchev–Trinajstić information content (AvgIpc) is 3.48. The molecule has 0 spiro atoms. The van der Waals surface area contributed by atoms with Gasteiger partial charge >= 0.3 is 0 Å². The van der Waals surface area contributed by atoms with Crippen molar-refractivity contribution in [3.8, 4) is 17.3 Å². The Balaban J connectivity index is 1.73. The van der Waals surface area contributed by atoms with Crippen LogP contribution in [0.5, 0.6) is 0 Å². The summed E-state index contributed by atoms with van der Waals surface area (Å²) in [6.07, 6.45) is 2.93. The van der Waals surface area contributed by atoms with Gasteiger partial charge in [0, 0.05) is 43.8 Å². The Bertz CT molecular complexity index is 1370. The van der Waals surface area contributed by atoms with E-state index in [4.69, 9.17) is 9.97 Å². The quantitative estimate of drug-likeness (QED) is 0.321. The number of nitrogens with zero attached hydrogens (tertiary/aromatic N) is 7. The molecule has 0 saturated heterocycles. The van der Waals surface area contributed by atoms with E-state index in [1.165, 1.54) is 23.5 Å². The van der Waals surface area contributed by atoms with E-state index in [9.17, 15) is 9.65 Å². The number of thiazole rings is 1. The minimum absolute atomic E-state index is 0.274. The highest BCUT2D eigenvalue weighted by molar-refractivity contribution is 7.14. The maximum absolute atomic E-state index is 13.6. The van der Waals surface area contributed by atoms with Gasteiger partial charge in [0.2, 0.25) is 0 Å². The van der Waals surface area contributed by atoms with Gasteiger partial charge < -0.3 is 14.7 Å². The second-order valence-corrected chi connectivity index (χ2v) is 9.45. The predicted molar refractivity (Wildman–Crippen MR) is 141 cm³/mol. The molecule has 0 saturated carbocycles. The van der Waals surface area contributed by atoms with Gasteiger partial charge in [-0.05, 0) is 57.8 Å². The molecule has 182 valence electrons. The standard InChI is InChI=1S/C26H30FN7S/c1-6-22-25(34-16-20(9-11-24(34)29-22)33(7-2)13-12-31(3)4)32(5)26-30-23(17-35-26)21-10-8-19(27)14-18(21)15-28/h8-11,14,16-17H,6-7,12-13H2,1-5H3. The number of nitriles is 1. The van der Waals surface area contributed by atoms with E-state index in [0.717, 1.165) is 54.0 Å². The molecule has 4 aromatic rings. The summed E-state index contributed by atoms with van der Waals surface area (Å²) in [5.74, 6) is 0.534. The molecule has 0 fully saturated rings. The summed E-state index contributed by atoms with van der Waals surface area (Å²) >= 11 is 1.48. The smallest absolute Gasteiger partial charge is 0.191 e. The Morgan fingerprint density at radius 2 is 1.89 bits per heavy atom. The van der Waals surface area contributed by atoms with E-state index in [2.05, 4.69) is 66.5 Å². The van der Waals surface area contributed by atoms with E-state index >= 15 is 0 Å². The number of anilines is 3. The molecule has 0 radical (unpaired) electrons. The summed E-state index contributed by atoms with van der Waals surface area (Å²) in [6.45, 7) is 7.08. The molecule has 3 aromatic heterocycles. The molecular weight excluding hydrogens is 461 g/mol. The maximum atomic E-state index is 13.6. The van der Waals surface area contributed by atoms with Crippen molar-refractivity contribution in [1.82, 2.24) is 19.3 Å². The zero-order chi connectivity index (χ0) is 25.1. The van der Waals surface area contributed by atoms with Crippen LogP contribution in [0.1, 0.15) is 25.1 Å². The van der Waals surface area contributed by atoms with Gasteiger partial charge in [-0.3, -0.25) is 4.40 Å². The van der Waals surface area contributed by atoms with E-state index < -0.39 is 5.82 Å². The molecule has 9 heteroatoms. The molecule has 7 nitrogen and oxygen atoms in total. The summed E-state index contributed by atoms with van der Waals surface area (Å²) < 4.78 is 15.7. The first-order chi connectivity index (χ1) is 16.9. The number of imidazole rings is 1. The van der Waals surface area contributed by atoms with Gasteiger partial charge in [0.1, 0.15) is 17.3 Å². The van der Waals surface area contributed by atoms with Crippen LogP contribution in [0.4, 0.5) is 21.0 Å². The van der Waals surface area contributed by atoms with Crippen molar-refractivity contribution < 1.29 is 4.39 Å². The van der Waals surface area contributed by atoms with Crippen LogP contribution in [0.2, 0.25) is 0 Å². The van der Waals surface area contributed by atoms with Crippen molar-refractivity contribution in [1.29, 1.82) is 5.26 Å². The Labute approximate surface area is 209 Å². The van der Waals surface area contributed by atoms with Crippen molar-refractivity contribution in [2.24, 2.45) is 0 Å². The molecule has 0 aliphatic heterocycles. The monoisotopic (exact) mass is 491 g/mol. The van der Waals surface area contributed by atoms with Crippen LogP contribution in [0.3, 0.4) is 0 Å². The van der Waals surface area contributed by atoms with E-state index in [-0.39, 0.29) is 5.56 Å². The Morgan fingerprint density at radius 1 is 1.09 bits per heavy atom. The molecular formula is C26H30FN7S. The molecule has 0 aliphatic carbocycles. The van der Waals surface area contributed by atoms with Gasteiger partial charge in [0.05, 0.1) is 28.7 Å². The van der Waals surface area contributed by atoms with Gasteiger partial charge in [0.15, 0.2) is 5.13 Å². The topological polar surface area (TPSA) is 63.7 Å². The molecule has 4 rings (SSSR count). The van der Waals surface area contributed by atoms with Gasteiger partial charge in [0.25, 0.3) is 0 Å². The van der Waals surface area contributed by atoms with Crippen LogP contribution in [0.15, 0.2) is 41.9 Å². The molecule has 1 aromatic carbocycles. The largest absolute Gasteiger partial charge is 0.369 e. The van der Waals surface area contributed by atoms with E-state index in [1.54, 1.807) is 6.07 Å². The van der Waals surface area contributed by atoms with Gasteiger partial charge in [-0.1, -0.05) is 6.92 Å². The second kappa shape index (κ2) is 10.4. The number of hydrogen-bond acceptors (Lipinski definition) is 7. The Hall–Kier alpha value is -3.48. The molecule has 0 N–H and O–H groups in total. The maximum Gasteiger partial charge on any atom is 0.191 e. The molecule has 0 aliphatic rings. The number of pyridine rings is 1. The van der Waals surface area contributed by atoms with Crippen LogP contribution in [-0.2, 0) is 6.42 Å². The van der Waals surface area contributed by atoms with Crippen LogP contribution < -0.4 is 9.80 Å². The minimum atomic E-state index is -0.432. The first-order valence-corrected chi connectivity index (χ1v) is 12.5. The minimum Gasteiger partial charge on any atom is -0.369 e. The number of benzene rings is 1. The number of likely N-dealkylation sites (N-methyl/N-ethyl adjacent to an activating group) is 2. The lowest BCUT2D eigenvalue weighted by Gasteiger charge is -2.25. The molecule has 0 unspecified atom stereocenters. The number of hydrogen-bond donors (Lipinski definition) is 0. The summed E-state index contributed by atoms with van der Waals surface area (Å²) in [7, 11) is 6.15. The fourth-order valence-electron chi connectivity index (χ4n) is 4.10. The lowest BCUT2D eigenvalue weighted by Crippen LogP contribution is -2.31. The van der Waals surface area contributed by atoms with Crippen molar-refractivity contribution in [3.05, 3.63) is 59.0 Å². The third-order valence-corrected chi connectivity index (χ3v) is 6.94. The van der Waals surface area contributed by atoms with Crippen LogP contribution in [-0.4, -0.2) is 60.0 Å². The summed E-state index contributed by atoms with van der Waals surface area (Å²) in [5, 5.41) is 12.1. The highest BCUT2D eigenvalue weighted by Crippen LogP contribution is 2.35. The van der Waals surface area contributed by atoms with E-state index in [0.29, 0.717) is 11.3 Å². The van der Waals surface area contributed by atoms with Crippen molar-refractivity contribution >= 4 is 33.6 Å². The Morgan fingerprint density at radius 3 is 2.57 bits per heavy atom. The van der Waals surface area contributed by atoms with Crippen molar-refractivity contribution in [2.75, 3.05) is 50.6 Å². The SMILES string of the molecule is CCc1nc2ccc(N(CC)CCN(C)C)cn2c1N(C)c1nc(-c2ccc(F)cc2C#N)cs1. The highest BCUT2D eigenvalue weighted by Gasteiger charge is 2.20. The summed E-state index contributed by atoms with van der Waals surface area (Å²) in [6, 6.07) is 10.5. The number of halogens is 1. The second-order valence-electron chi connectivity index (χ2n) is 8.61. The number of fused-ring (bicyclic) bond motifs is 1. The Kier molecular flexibility index (Phi) is 7.34. The third-order valence-electron chi connectivity index (χ3n) is 6.02. The molecule has 0 atom stereocenters. The van der Waals surface area contributed by atoms with Crippen molar-refractivity contribution in [3.63, 3.8) is 0 Å². The fraction of sp³-hybridized carbons (Fsp3) is 0.346. The lowest BCUT2D eigenvalue weighted by atomic mass is 10.1. The van der Waals surface area contributed by atoms with Crippen LogP contribution in [0.25, 0.3) is 16.9 Å². The normalized spacial score (nSPS) is 11.3. The average molecular weight is 492 g/mol. The summed E-state index contributed by atoms with van der Waals surface area (Å²) in [5.41, 5.74) is 4.56. The first kappa shape index (κ1) is 24.6. The highest BCUT2D eigenvalue weighted by atomic mass is 32.1. The zero-order valence-corrected chi connectivity index (χ0v) is 21.6. The first-order valence-electron chi connectivity index (χ1n) is 11.7. The van der Waals surface area contributed by atoms with Crippen molar-refractivity contribution in [2.45, 2.75) is 20.3 Å². The van der Waals surface area contributed by atoms with Gasteiger partial charge in [-0.25, -0.2) is 14.4 Å². The summed E-state index contributed by atoms with van der Waals surface area (Å²) in [4.78, 5) is 16.2. The molecule has 35 heavy (non-hydrogen) atoms. The van der Waals surface area contributed by atoms with E-state index in [1.807, 2.05) is 17.3 Å². The predicted octanol–water partition coefficient (Wildman–Crippen LogP) is 5.19. The lowest BCUT2D eigenvalue weighted by molar-refractivity contribution is 0.414. The third kappa shape index (κ3) is 4.99. The van der Waals surface area contributed by atoms with Gasteiger partial charge in [-0.2, -0.15) is 5.26 Å². The number of aryl methyl sites for hydroxylation is 1. The van der Waals surface area contributed by atoms with Gasteiger partial charge in [-0.15, -0.1) is 11.3 Å². The number of rotatable bonds is 9. The number of aromatic nitrogens is 3.